The number of hydrogen-bond acceptors (Lipinski definition) is 2. The molecule has 0 spiro atoms. The highest BCUT2D eigenvalue weighted by Gasteiger charge is 2.23. The fraction of sp³-hybridized carbons (Fsp3) is 0.562. The second-order valence-corrected chi connectivity index (χ2v) is 5.52. The van der Waals surface area contributed by atoms with Crippen LogP contribution >= 0.6 is 0 Å². The van der Waals surface area contributed by atoms with Gasteiger partial charge in [-0.25, -0.2) is 0 Å². The lowest BCUT2D eigenvalue weighted by molar-refractivity contribution is 0.0719. The van der Waals surface area contributed by atoms with E-state index in [0.29, 0.717) is 6.04 Å². The summed E-state index contributed by atoms with van der Waals surface area (Å²) >= 11 is 0. The molecule has 1 atom stereocenters. The molecule has 0 radical (unpaired) electrons. The van der Waals surface area contributed by atoms with Crippen LogP contribution in [-0.4, -0.2) is 37.0 Å². The van der Waals surface area contributed by atoms with E-state index in [-0.39, 0.29) is 5.91 Å². The third-order valence-electron chi connectivity index (χ3n) is 4.11. The first-order chi connectivity index (χ1) is 9.11. The van der Waals surface area contributed by atoms with Gasteiger partial charge in [0.15, 0.2) is 0 Å². The van der Waals surface area contributed by atoms with Crippen molar-refractivity contribution in [3.63, 3.8) is 0 Å². The van der Waals surface area contributed by atoms with Gasteiger partial charge in [-0.3, -0.25) is 4.79 Å². The highest BCUT2D eigenvalue weighted by atomic mass is 16.2. The maximum absolute atomic E-state index is 12.7. The molecule has 0 aromatic heterocycles. The maximum Gasteiger partial charge on any atom is 0.254 e. The summed E-state index contributed by atoms with van der Waals surface area (Å²) in [7, 11) is 1.95. The van der Waals surface area contributed by atoms with Crippen LogP contribution in [0.4, 0.5) is 0 Å². The van der Waals surface area contributed by atoms with Gasteiger partial charge in [-0.15, -0.1) is 0 Å². The molecule has 1 saturated heterocycles. The molecule has 1 aliphatic rings. The van der Waals surface area contributed by atoms with Gasteiger partial charge in [-0.05, 0) is 57.3 Å². The molecular formula is C16H24N2O. The first kappa shape index (κ1) is 14.1. The average molecular weight is 260 g/mol. The largest absolute Gasteiger partial charge is 0.339 e. The third kappa shape index (κ3) is 3.16. The molecule has 0 aliphatic carbocycles. The maximum atomic E-state index is 12.7. The van der Waals surface area contributed by atoms with Crippen molar-refractivity contribution >= 4 is 5.91 Å². The van der Waals surface area contributed by atoms with E-state index in [4.69, 9.17) is 0 Å². The Balaban J connectivity index is 2.18. The molecule has 19 heavy (non-hydrogen) atoms. The first-order valence-electron chi connectivity index (χ1n) is 7.15. The van der Waals surface area contributed by atoms with E-state index in [1.807, 2.05) is 44.0 Å². The van der Waals surface area contributed by atoms with Crippen LogP contribution in [0.15, 0.2) is 18.2 Å². The molecule has 104 valence electrons. The summed E-state index contributed by atoms with van der Waals surface area (Å²) < 4.78 is 0. The smallest absolute Gasteiger partial charge is 0.254 e. The molecule has 1 aliphatic heterocycles. The van der Waals surface area contributed by atoms with E-state index in [2.05, 4.69) is 5.32 Å². The van der Waals surface area contributed by atoms with Gasteiger partial charge in [0.1, 0.15) is 0 Å². The molecule has 3 heteroatoms. The predicted octanol–water partition coefficient (Wildman–Crippen LogP) is 2.52. The molecule has 1 aromatic rings. The average Bonchev–Trinajstić information content (AvgIpc) is 2.66. The number of rotatable bonds is 2. The van der Waals surface area contributed by atoms with Crippen molar-refractivity contribution in [2.24, 2.45) is 0 Å². The molecule has 1 aromatic carbocycles. The van der Waals surface area contributed by atoms with Crippen LogP contribution in [-0.2, 0) is 0 Å². The van der Waals surface area contributed by atoms with E-state index in [1.54, 1.807) is 0 Å². The SMILES string of the molecule is Cc1cccc(C)c1C(=O)N(C)C1CCCNCC1. The van der Waals surface area contributed by atoms with Gasteiger partial charge in [0, 0.05) is 18.7 Å². The minimum Gasteiger partial charge on any atom is -0.339 e. The Bertz CT molecular complexity index is 428. The second kappa shape index (κ2) is 6.20. The molecular weight excluding hydrogens is 236 g/mol. The van der Waals surface area contributed by atoms with Crippen LogP contribution in [0.25, 0.3) is 0 Å². The van der Waals surface area contributed by atoms with Crippen LogP contribution < -0.4 is 5.32 Å². The highest BCUT2D eigenvalue weighted by molar-refractivity contribution is 5.97. The van der Waals surface area contributed by atoms with Gasteiger partial charge < -0.3 is 10.2 Å². The summed E-state index contributed by atoms with van der Waals surface area (Å²) in [6.07, 6.45) is 3.29. The Kier molecular flexibility index (Phi) is 4.59. The van der Waals surface area contributed by atoms with Crippen molar-refractivity contribution in [1.82, 2.24) is 10.2 Å². The second-order valence-electron chi connectivity index (χ2n) is 5.52. The van der Waals surface area contributed by atoms with Crippen LogP contribution in [0.3, 0.4) is 0 Å². The first-order valence-corrected chi connectivity index (χ1v) is 7.15. The molecule has 2 rings (SSSR count). The van der Waals surface area contributed by atoms with E-state index in [9.17, 15) is 4.79 Å². The minimum absolute atomic E-state index is 0.169. The Hall–Kier alpha value is -1.35. The Morgan fingerprint density at radius 3 is 2.58 bits per heavy atom. The quantitative estimate of drug-likeness (QED) is 0.886. The zero-order valence-electron chi connectivity index (χ0n) is 12.2. The van der Waals surface area contributed by atoms with Crippen molar-refractivity contribution in [1.29, 1.82) is 0 Å². The van der Waals surface area contributed by atoms with Gasteiger partial charge in [0.25, 0.3) is 5.91 Å². The highest BCUT2D eigenvalue weighted by Crippen LogP contribution is 2.19. The molecule has 1 heterocycles. The Morgan fingerprint density at radius 1 is 1.21 bits per heavy atom. The third-order valence-corrected chi connectivity index (χ3v) is 4.11. The number of nitrogens with one attached hydrogen (secondary N) is 1. The number of amides is 1. The number of carbonyl (C=O) groups is 1. The number of nitrogens with zero attached hydrogens (tertiary/aromatic N) is 1. The topological polar surface area (TPSA) is 32.3 Å². The molecule has 0 saturated carbocycles. The number of benzene rings is 1. The van der Waals surface area contributed by atoms with Crippen LogP contribution in [0.2, 0.25) is 0 Å². The van der Waals surface area contributed by atoms with Crippen LogP contribution in [0, 0.1) is 13.8 Å². The van der Waals surface area contributed by atoms with Crippen molar-refractivity contribution in [2.75, 3.05) is 20.1 Å². The lowest BCUT2D eigenvalue weighted by Crippen LogP contribution is -2.38. The standard InChI is InChI=1S/C16H24N2O/c1-12-6-4-7-13(2)15(12)16(19)18(3)14-8-5-10-17-11-9-14/h4,6-7,14,17H,5,8-11H2,1-3H3. The van der Waals surface area contributed by atoms with Gasteiger partial charge >= 0.3 is 0 Å². The predicted molar refractivity (Wildman–Crippen MR) is 78.5 cm³/mol. The van der Waals surface area contributed by atoms with Crippen molar-refractivity contribution < 1.29 is 4.79 Å². The van der Waals surface area contributed by atoms with E-state index in [0.717, 1.165) is 49.0 Å². The van der Waals surface area contributed by atoms with Crippen LogP contribution in [0.1, 0.15) is 40.7 Å². The Morgan fingerprint density at radius 2 is 1.89 bits per heavy atom. The van der Waals surface area contributed by atoms with Crippen molar-refractivity contribution in [2.45, 2.75) is 39.2 Å². The number of hydrogen-bond donors (Lipinski definition) is 1. The van der Waals surface area contributed by atoms with E-state index in [1.165, 1.54) is 0 Å². The zero-order chi connectivity index (χ0) is 13.8. The lowest BCUT2D eigenvalue weighted by atomic mass is 10.00. The monoisotopic (exact) mass is 260 g/mol. The van der Waals surface area contributed by atoms with E-state index >= 15 is 0 Å². The summed E-state index contributed by atoms with van der Waals surface area (Å²) in [6.45, 7) is 6.11. The summed E-state index contributed by atoms with van der Waals surface area (Å²) in [5.74, 6) is 0.169. The molecule has 1 amide bonds. The van der Waals surface area contributed by atoms with Gasteiger partial charge in [-0.1, -0.05) is 18.2 Å². The number of carbonyl (C=O) groups excluding carboxylic acids is 1. The normalized spacial score (nSPS) is 19.8. The van der Waals surface area contributed by atoms with Gasteiger partial charge in [-0.2, -0.15) is 0 Å². The number of aryl methyl sites for hydroxylation is 2. The Labute approximate surface area is 116 Å². The van der Waals surface area contributed by atoms with Crippen molar-refractivity contribution in [3.8, 4) is 0 Å². The molecule has 1 unspecified atom stereocenters. The van der Waals surface area contributed by atoms with Gasteiger partial charge in [0.05, 0.1) is 0 Å². The minimum atomic E-state index is 0.169. The fourth-order valence-electron chi connectivity index (χ4n) is 2.88. The summed E-state index contributed by atoms with van der Waals surface area (Å²) in [4.78, 5) is 14.7. The van der Waals surface area contributed by atoms with Crippen molar-refractivity contribution in [3.05, 3.63) is 34.9 Å². The molecule has 1 N–H and O–H groups in total. The van der Waals surface area contributed by atoms with E-state index < -0.39 is 0 Å². The molecule has 1 fully saturated rings. The summed E-state index contributed by atoms with van der Waals surface area (Å²) in [5, 5.41) is 3.40. The van der Waals surface area contributed by atoms with Gasteiger partial charge in [0.2, 0.25) is 0 Å². The fourth-order valence-corrected chi connectivity index (χ4v) is 2.88. The van der Waals surface area contributed by atoms with Crippen LogP contribution in [0.5, 0.6) is 0 Å². The summed E-state index contributed by atoms with van der Waals surface area (Å²) in [6, 6.07) is 6.41. The molecule has 3 nitrogen and oxygen atoms in total. The summed E-state index contributed by atoms with van der Waals surface area (Å²) in [5.41, 5.74) is 3.02. The zero-order valence-corrected chi connectivity index (χ0v) is 12.2. The molecule has 0 bridgehead atoms. The lowest BCUT2D eigenvalue weighted by Gasteiger charge is -2.28.